The number of ether oxygens (including phenoxy) is 3. The Morgan fingerprint density at radius 3 is 2.40 bits per heavy atom. The van der Waals surface area contributed by atoms with E-state index in [4.69, 9.17) is 9.47 Å². The zero-order valence-corrected chi connectivity index (χ0v) is 16.1. The molecule has 1 N–H and O–H groups in total. The summed E-state index contributed by atoms with van der Waals surface area (Å²) in [6.45, 7) is 5.61. The van der Waals surface area contributed by atoms with Gasteiger partial charge < -0.3 is 19.3 Å². The van der Waals surface area contributed by atoms with E-state index in [1.165, 1.54) is 30.9 Å². The number of rotatable bonds is 5. The van der Waals surface area contributed by atoms with Crippen LogP contribution in [0.5, 0.6) is 0 Å². The Kier molecular flexibility index (Phi) is 8.01. The minimum Gasteiger partial charge on any atom is -0.467 e. The summed E-state index contributed by atoms with van der Waals surface area (Å²) in [6.07, 6.45) is -0.785. The smallest absolute Gasteiger partial charge is 0.411 e. The van der Waals surface area contributed by atoms with Crippen LogP contribution < -0.4 is 0 Å². The Labute approximate surface area is 152 Å². The molecule has 1 aliphatic heterocycles. The molecule has 0 radical (unpaired) electrons. The molecule has 144 valence electrons. The average Bonchev–Trinajstić information content (AvgIpc) is 2.56. The van der Waals surface area contributed by atoms with E-state index in [9.17, 15) is 19.5 Å². The molecule has 0 bridgehead atoms. The van der Waals surface area contributed by atoms with Crippen molar-refractivity contribution >= 4 is 29.8 Å². The van der Waals surface area contributed by atoms with Crippen LogP contribution in [0.4, 0.5) is 4.79 Å². The number of aliphatic hydroxyl groups is 1. The van der Waals surface area contributed by atoms with E-state index >= 15 is 0 Å². The summed E-state index contributed by atoms with van der Waals surface area (Å²) in [5.41, 5.74) is -0.659. The van der Waals surface area contributed by atoms with Gasteiger partial charge in [0.2, 0.25) is 0 Å². The molecule has 1 aliphatic rings. The number of likely N-dealkylation sites (tertiary alicyclic amines) is 1. The third-order valence-electron chi connectivity index (χ3n) is 3.62. The minimum atomic E-state index is -1.21. The fraction of sp³-hybridized carbons (Fsp3) is 0.812. The summed E-state index contributed by atoms with van der Waals surface area (Å²) in [5.74, 6) is -1.04. The first kappa shape index (κ1) is 21.6. The third kappa shape index (κ3) is 6.74. The first-order valence-electron chi connectivity index (χ1n) is 8.04. The second kappa shape index (κ2) is 9.28. The normalized spacial score (nSPS) is 22.1. The van der Waals surface area contributed by atoms with Gasteiger partial charge in [0.05, 0.1) is 14.2 Å². The Morgan fingerprint density at radius 1 is 1.24 bits per heavy atom. The van der Waals surface area contributed by atoms with Gasteiger partial charge in [0.25, 0.3) is 0 Å². The van der Waals surface area contributed by atoms with Crippen LogP contribution in [0.3, 0.4) is 0 Å². The lowest BCUT2D eigenvalue weighted by Gasteiger charge is -2.38. The highest BCUT2D eigenvalue weighted by Crippen LogP contribution is 2.29. The van der Waals surface area contributed by atoms with Crippen LogP contribution in [-0.2, 0) is 23.8 Å². The number of carbonyl (C=O) groups is 3. The maximum absolute atomic E-state index is 12.3. The van der Waals surface area contributed by atoms with Crippen molar-refractivity contribution in [3.8, 4) is 0 Å². The van der Waals surface area contributed by atoms with Crippen LogP contribution in [0.1, 0.15) is 33.6 Å². The topological polar surface area (TPSA) is 102 Å². The monoisotopic (exact) mass is 377 g/mol. The molecule has 1 saturated heterocycles. The number of carbonyl (C=O) groups excluding carboxylic acids is 3. The van der Waals surface area contributed by atoms with Crippen molar-refractivity contribution in [2.45, 2.75) is 56.6 Å². The molecule has 0 saturated carbocycles. The molecule has 0 aromatic rings. The molecule has 0 aromatic carbocycles. The Hall–Kier alpha value is -1.48. The highest BCUT2D eigenvalue weighted by Gasteiger charge is 2.39. The molecular weight excluding hydrogens is 350 g/mol. The summed E-state index contributed by atoms with van der Waals surface area (Å²) >= 11 is 1.37. The molecular formula is C16H27NO7S. The van der Waals surface area contributed by atoms with Gasteiger partial charge in [0.1, 0.15) is 11.6 Å². The summed E-state index contributed by atoms with van der Waals surface area (Å²) in [5, 5.41) is 9.67. The number of thioether (sulfide) groups is 1. The van der Waals surface area contributed by atoms with Crippen LogP contribution in [0.25, 0.3) is 0 Å². The van der Waals surface area contributed by atoms with Crippen LogP contribution in [0, 0.1) is 0 Å². The zero-order chi connectivity index (χ0) is 19.2. The molecule has 8 nitrogen and oxygen atoms in total. The molecule has 1 heterocycles. The van der Waals surface area contributed by atoms with Gasteiger partial charge in [-0.15, -0.1) is 0 Å². The van der Waals surface area contributed by atoms with Gasteiger partial charge in [-0.25, -0.2) is 14.4 Å². The molecule has 1 rings (SSSR count). The number of amides is 1. The second-order valence-electron chi connectivity index (χ2n) is 6.73. The first-order valence-corrected chi connectivity index (χ1v) is 9.09. The van der Waals surface area contributed by atoms with Crippen molar-refractivity contribution in [1.82, 2.24) is 4.90 Å². The van der Waals surface area contributed by atoms with Crippen LogP contribution in [0.15, 0.2) is 0 Å². The van der Waals surface area contributed by atoms with E-state index in [1.54, 1.807) is 20.8 Å². The highest BCUT2D eigenvalue weighted by atomic mass is 32.2. The van der Waals surface area contributed by atoms with E-state index in [1.807, 2.05) is 0 Å². The molecule has 1 amide bonds. The van der Waals surface area contributed by atoms with Gasteiger partial charge in [-0.1, -0.05) is 0 Å². The average molecular weight is 377 g/mol. The van der Waals surface area contributed by atoms with Crippen LogP contribution in [0.2, 0.25) is 0 Å². The lowest BCUT2D eigenvalue weighted by molar-refractivity contribution is -0.149. The van der Waals surface area contributed by atoms with Crippen molar-refractivity contribution in [2.75, 3.05) is 26.5 Å². The van der Waals surface area contributed by atoms with Crippen molar-refractivity contribution in [1.29, 1.82) is 0 Å². The molecule has 25 heavy (non-hydrogen) atoms. The number of hydrogen-bond acceptors (Lipinski definition) is 8. The number of piperidine rings is 1. The van der Waals surface area contributed by atoms with Crippen molar-refractivity contribution in [3.05, 3.63) is 0 Å². The fourth-order valence-electron chi connectivity index (χ4n) is 2.41. The fourth-order valence-corrected chi connectivity index (χ4v) is 3.60. The van der Waals surface area contributed by atoms with E-state index in [-0.39, 0.29) is 11.0 Å². The van der Waals surface area contributed by atoms with Crippen molar-refractivity contribution in [2.24, 2.45) is 0 Å². The summed E-state index contributed by atoms with van der Waals surface area (Å²) < 4.78 is 14.6. The minimum absolute atomic E-state index is 0.00194. The van der Waals surface area contributed by atoms with Crippen LogP contribution in [-0.4, -0.2) is 77.6 Å². The maximum atomic E-state index is 12.3. The van der Waals surface area contributed by atoms with Crippen molar-refractivity contribution < 1.29 is 33.7 Å². The van der Waals surface area contributed by atoms with E-state index < -0.39 is 35.8 Å². The molecule has 0 aromatic heterocycles. The SMILES string of the molecule is COC(=O)[C@H]1C[C@@H](SC[C@H](O)C(=O)OC)CCN1C(=O)OC(C)(C)C. The van der Waals surface area contributed by atoms with E-state index in [2.05, 4.69) is 4.74 Å². The lowest BCUT2D eigenvalue weighted by atomic mass is 10.0. The number of hydrogen-bond donors (Lipinski definition) is 1. The summed E-state index contributed by atoms with van der Waals surface area (Å²) in [6, 6.07) is -0.749. The quantitative estimate of drug-likeness (QED) is 0.563. The predicted octanol–water partition coefficient (Wildman–Crippen LogP) is 1.19. The standard InChI is InChI=1S/C16H27NO7S/c1-16(2,3)24-15(21)17-7-6-10(8-11(17)13(19)22-4)25-9-12(18)14(20)23-5/h10-12,18H,6-9H2,1-5H3/t10-,11+,12-/m0/s1. The van der Waals surface area contributed by atoms with Gasteiger partial charge in [0, 0.05) is 17.5 Å². The molecule has 9 heteroatoms. The third-order valence-corrected chi connectivity index (χ3v) is 5.03. The van der Waals surface area contributed by atoms with Gasteiger partial charge in [-0.2, -0.15) is 11.8 Å². The first-order chi connectivity index (χ1) is 11.6. The maximum Gasteiger partial charge on any atom is 0.411 e. The van der Waals surface area contributed by atoms with Gasteiger partial charge in [-0.3, -0.25) is 4.90 Å². The lowest BCUT2D eigenvalue weighted by Crippen LogP contribution is -2.52. The summed E-state index contributed by atoms with van der Waals surface area (Å²) in [7, 11) is 2.48. The van der Waals surface area contributed by atoms with Crippen LogP contribution >= 0.6 is 11.8 Å². The number of aliphatic hydroxyl groups excluding tert-OH is 1. The number of methoxy groups -OCH3 is 2. The van der Waals surface area contributed by atoms with E-state index in [0.29, 0.717) is 19.4 Å². The van der Waals surface area contributed by atoms with Gasteiger partial charge >= 0.3 is 18.0 Å². The second-order valence-corrected chi connectivity index (χ2v) is 8.06. The predicted molar refractivity (Wildman–Crippen MR) is 92.2 cm³/mol. The molecule has 0 spiro atoms. The Bertz CT molecular complexity index is 491. The largest absolute Gasteiger partial charge is 0.467 e. The van der Waals surface area contributed by atoms with E-state index in [0.717, 1.165) is 0 Å². The molecule has 1 fully saturated rings. The van der Waals surface area contributed by atoms with Gasteiger partial charge in [0.15, 0.2) is 6.10 Å². The Balaban J connectivity index is 2.71. The Morgan fingerprint density at radius 2 is 1.88 bits per heavy atom. The molecule has 0 aliphatic carbocycles. The number of nitrogens with zero attached hydrogens (tertiary/aromatic N) is 1. The highest BCUT2D eigenvalue weighted by molar-refractivity contribution is 7.99. The van der Waals surface area contributed by atoms with Gasteiger partial charge in [-0.05, 0) is 33.6 Å². The molecule has 3 atom stereocenters. The van der Waals surface area contributed by atoms with Crippen molar-refractivity contribution in [3.63, 3.8) is 0 Å². The number of esters is 2. The molecule has 0 unspecified atom stereocenters. The summed E-state index contributed by atoms with van der Waals surface area (Å²) in [4.78, 5) is 37.0. The zero-order valence-electron chi connectivity index (χ0n) is 15.3.